The zero-order valence-electron chi connectivity index (χ0n) is 13.0. The van der Waals surface area contributed by atoms with E-state index in [4.69, 9.17) is 0 Å². The van der Waals surface area contributed by atoms with Gasteiger partial charge in [0.15, 0.2) is 4.21 Å². The third-order valence-electron chi connectivity index (χ3n) is 4.35. The number of thiazole rings is 1. The van der Waals surface area contributed by atoms with Crippen LogP contribution in [0.3, 0.4) is 0 Å². The van der Waals surface area contributed by atoms with Crippen LogP contribution in [0, 0.1) is 24.7 Å². The highest BCUT2D eigenvalue weighted by molar-refractivity contribution is 7.91. The largest absolute Gasteiger partial charge is 0.315 e. The quantitative estimate of drug-likeness (QED) is 0.889. The molecular weight excluding hydrogens is 308 g/mol. The van der Waals surface area contributed by atoms with E-state index in [1.807, 2.05) is 0 Å². The van der Waals surface area contributed by atoms with Crippen molar-refractivity contribution >= 4 is 21.4 Å². The third kappa shape index (κ3) is 3.76. The number of nitrogens with one attached hydrogen (secondary N) is 2. The molecule has 0 radical (unpaired) electrons. The molecule has 0 bridgehead atoms. The van der Waals surface area contributed by atoms with Crippen molar-refractivity contribution in [1.82, 2.24) is 9.71 Å². The second-order valence-corrected chi connectivity index (χ2v) is 9.37. The van der Waals surface area contributed by atoms with Crippen molar-refractivity contribution in [2.75, 3.05) is 0 Å². The SMILES string of the molecule is Cc1[nH]c(=O)sc1S(=O)(=O)NC1CC(C)CCC1C(C)C. The Bertz CT molecular complexity index is 645. The van der Waals surface area contributed by atoms with Crippen LogP contribution in [-0.2, 0) is 10.0 Å². The van der Waals surface area contributed by atoms with Crippen molar-refractivity contribution in [3.63, 3.8) is 0 Å². The molecule has 1 aromatic rings. The highest BCUT2D eigenvalue weighted by Gasteiger charge is 2.34. The Hall–Kier alpha value is -0.660. The maximum Gasteiger partial charge on any atom is 0.305 e. The highest BCUT2D eigenvalue weighted by atomic mass is 32.2. The summed E-state index contributed by atoms with van der Waals surface area (Å²) in [5.41, 5.74) is 0.419. The van der Waals surface area contributed by atoms with Gasteiger partial charge in [0, 0.05) is 11.7 Å². The summed E-state index contributed by atoms with van der Waals surface area (Å²) in [6.07, 6.45) is 3.06. The first-order valence-corrected chi connectivity index (χ1v) is 9.72. The van der Waals surface area contributed by atoms with Gasteiger partial charge < -0.3 is 4.98 Å². The van der Waals surface area contributed by atoms with E-state index in [0.29, 0.717) is 23.4 Å². The number of hydrogen-bond acceptors (Lipinski definition) is 4. The predicted molar refractivity (Wildman–Crippen MR) is 85.1 cm³/mol. The number of rotatable bonds is 4. The summed E-state index contributed by atoms with van der Waals surface area (Å²) in [6.45, 7) is 8.07. The van der Waals surface area contributed by atoms with Crippen molar-refractivity contribution in [2.45, 2.75) is 57.2 Å². The van der Waals surface area contributed by atoms with Crippen LogP contribution >= 0.6 is 11.3 Å². The fourth-order valence-electron chi connectivity index (χ4n) is 3.24. The van der Waals surface area contributed by atoms with Gasteiger partial charge in [-0.2, -0.15) is 0 Å². The zero-order valence-corrected chi connectivity index (χ0v) is 14.6. The van der Waals surface area contributed by atoms with Gasteiger partial charge in [0.25, 0.3) is 10.0 Å². The van der Waals surface area contributed by atoms with Crippen LogP contribution in [0.25, 0.3) is 0 Å². The summed E-state index contributed by atoms with van der Waals surface area (Å²) < 4.78 is 28.1. The van der Waals surface area contributed by atoms with E-state index in [1.165, 1.54) is 0 Å². The van der Waals surface area contributed by atoms with Crippen LogP contribution < -0.4 is 9.60 Å². The van der Waals surface area contributed by atoms with Gasteiger partial charge in [-0.1, -0.05) is 38.5 Å². The highest BCUT2D eigenvalue weighted by Crippen LogP contribution is 2.34. The van der Waals surface area contributed by atoms with E-state index in [9.17, 15) is 13.2 Å². The van der Waals surface area contributed by atoms with Crippen LogP contribution in [-0.4, -0.2) is 19.4 Å². The Labute approximate surface area is 130 Å². The summed E-state index contributed by atoms with van der Waals surface area (Å²) in [5, 5.41) is 0. The summed E-state index contributed by atoms with van der Waals surface area (Å²) in [6, 6.07) is -0.0460. The fraction of sp³-hybridized carbons (Fsp3) is 0.786. The minimum Gasteiger partial charge on any atom is -0.315 e. The van der Waals surface area contributed by atoms with Gasteiger partial charge in [-0.25, -0.2) is 13.1 Å². The number of aryl methyl sites for hydroxylation is 1. The average molecular weight is 332 g/mol. The molecule has 0 saturated heterocycles. The van der Waals surface area contributed by atoms with Crippen LogP contribution in [0.15, 0.2) is 9.00 Å². The average Bonchev–Trinajstić information content (AvgIpc) is 2.68. The second-order valence-electron chi connectivity index (χ2n) is 6.48. The van der Waals surface area contributed by atoms with E-state index in [2.05, 4.69) is 30.5 Å². The molecule has 21 heavy (non-hydrogen) atoms. The normalized spacial score (nSPS) is 27.2. The third-order valence-corrected chi connectivity index (χ3v) is 7.45. The van der Waals surface area contributed by atoms with Crippen LogP contribution in [0.5, 0.6) is 0 Å². The Kier molecular flexibility index (Phi) is 4.95. The first-order chi connectivity index (χ1) is 9.70. The lowest BCUT2D eigenvalue weighted by Crippen LogP contribution is -2.45. The molecule has 1 saturated carbocycles. The van der Waals surface area contributed by atoms with E-state index in [0.717, 1.165) is 30.6 Å². The van der Waals surface area contributed by atoms with Gasteiger partial charge in [0.2, 0.25) is 0 Å². The molecule has 7 heteroatoms. The Morgan fingerprint density at radius 3 is 2.52 bits per heavy atom. The van der Waals surface area contributed by atoms with Crippen molar-refractivity contribution < 1.29 is 8.42 Å². The first-order valence-electron chi connectivity index (χ1n) is 7.42. The minimum atomic E-state index is -3.62. The minimum absolute atomic E-state index is 0.0460. The van der Waals surface area contributed by atoms with Crippen LogP contribution in [0.2, 0.25) is 0 Å². The lowest BCUT2D eigenvalue weighted by molar-refractivity contribution is 0.188. The Morgan fingerprint density at radius 1 is 1.33 bits per heavy atom. The maximum absolute atomic E-state index is 12.5. The van der Waals surface area contributed by atoms with Gasteiger partial charge in [-0.05, 0) is 37.5 Å². The van der Waals surface area contributed by atoms with Crippen LogP contribution in [0.4, 0.5) is 0 Å². The number of hydrogen-bond donors (Lipinski definition) is 2. The Morgan fingerprint density at radius 2 is 2.00 bits per heavy atom. The fourth-order valence-corrected chi connectivity index (χ4v) is 5.85. The van der Waals surface area contributed by atoms with Gasteiger partial charge >= 0.3 is 4.87 Å². The number of H-pyrrole nitrogens is 1. The molecule has 0 aliphatic heterocycles. The van der Waals surface area contributed by atoms with Crippen molar-refractivity contribution in [3.8, 4) is 0 Å². The van der Waals surface area contributed by atoms with Gasteiger partial charge in [-0.3, -0.25) is 4.79 Å². The molecule has 1 aromatic heterocycles. The molecule has 5 nitrogen and oxygen atoms in total. The molecule has 1 fully saturated rings. The maximum atomic E-state index is 12.5. The monoisotopic (exact) mass is 332 g/mol. The van der Waals surface area contributed by atoms with Gasteiger partial charge in [0.1, 0.15) is 0 Å². The molecule has 3 atom stereocenters. The number of aromatic nitrogens is 1. The van der Waals surface area contributed by atoms with Gasteiger partial charge in [-0.15, -0.1) is 0 Å². The predicted octanol–water partition coefficient (Wildman–Crippen LogP) is 2.48. The second kappa shape index (κ2) is 6.22. The molecule has 120 valence electrons. The summed E-state index contributed by atoms with van der Waals surface area (Å²) in [5.74, 6) is 1.32. The molecule has 0 aromatic carbocycles. The van der Waals surface area contributed by atoms with E-state index < -0.39 is 10.0 Å². The standard InChI is InChI=1S/C14H24N2O3S2/c1-8(2)11-6-5-9(3)7-12(11)16-21(18,19)13-10(4)15-14(17)20-13/h8-9,11-12,16H,5-7H2,1-4H3,(H,15,17). The summed E-state index contributed by atoms with van der Waals surface area (Å²) in [7, 11) is -3.62. The van der Waals surface area contributed by atoms with E-state index >= 15 is 0 Å². The molecule has 2 rings (SSSR count). The number of aromatic amines is 1. The summed E-state index contributed by atoms with van der Waals surface area (Å²) in [4.78, 5) is 13.6. The van der Waals surface area contributed by atoms with Gasteiger partial charge in [0.05, 0.1) is 0 Å². The summed E-state index contributed by atoms with van der Waals surface area (Å²) >= 11 is 0.759. The molecule has 0 amide bonds. The zero-order chi connectivity index (χ0) is 15.8. The Balaban J connectivity index is 2.25. The first kappa shape index (κ1) is 16.7. The molecule has 1 aliphatic rings. The molecular formula is C14H24N2O3S2. The number of sulfonamides is 1. The molecule has 0 spiro atoms. The van der Waals surface area contributed by atoms with E-state index in [1.54, 1.807) is 6.92 Å². The van der Waals surface area contributed by atoms with Crippen molar-refractivity contribution in [3.05, 3.63) is 15.4 Å². The van der Waals surface area contributed by atoms with Crippen molar-refractivity contribution in [1.29, 1.82) is 0 Å². The topological polar surface area (TPSA) is 79.0 Å². The van der Waals surface area contributed by atoms with E-state index in [-0.39, 0.29) is 15.1 Å². The van der Waals surface area contributed by atoms with Crippen molar-refractivity contribution in [2.24, 2.45) is 17.8 Å². The lowest BCUT2D eigenvalue weighted by Gasteiger charge is -2.37. The lowest BCUT2D eigenvalue weighted by atomic mass is 9.74. The molecule has 1 aliphatic carbocycles. The van der Waals surface area contributed by atoms with Crippen LogP contribution in [0.1, 0.15) is 45.7 Å². The molecule has 1 heterocycles. The molecule has 3 unspecified atom stereocenters. The molecule has 2 N–H and O–H groups in total. The smallest absolute Gasteiger partial charge is 0.305 e.